The third kappa shape index (κ3) is 9.11. The first-order valence-corrected chi connectivity index (χ1v) is 9.17. The van der Waals surface area contributed by atoms with Crippen LogP contribution in [0.4, 0.5) is 0 Å². The first-order chi connectivity index (χ1) is 11.0. The van der Waals surface area contributed by atoms with Gasteiger partial charge in [0.1, 0.15) is 0 Å². The van der Waals surface area contributed by atoms with E-state index in [-0.39, 0.29) is 18.1 Å². The Morgan fingerprint density at radius 2 is 2.09 bits per heavy atom. The van der Waals surface area contributed by atoms with E-state index in [1.54, 1.807) is 7.11 Å². The fourth-order valence-electron chi connectivity index (χ4n) is 3.07. The number of hydrogen-bond donors (Lipinski definition) is 2. The number of hydrogen-bond acceptors (Lipinski definition) is 3. The number of amides is 1. The van der Waals surface area contributed by atoms with Crippen LogP contribution in [0.1, 0.15) is 65.2 Å². The number of carbonyl (C=O) groups excluding carboxylic acids is 1. The van der Waals surface area contributed by atoms with Crippen LogP contribution in [0, 0.1) is 11.8 Å². The van der Waals surface area contributed by atoms with Crippen molar-refractivity contribution in [2.75, 3.05) is 13.7 Å². The molecule has 0 spiro atoms. The van der Waals surface area contributed by atoms with Crippen molar-refractivity contribution in [2.45, 2.75) is 77.4 Å². The summed E-state index contributed by atoms with van der Waals surface area (Å²) in [5, 5.41) is 12.8. The van der Waals surface area contributed by atoms with Gasteiger partial charge in [0.05, 0.1) is 12.2 Å². The van der Waals surface area contributed by atoms with Gasteiger partial charge < -0.3 is 15.2 Å². The van der Waals surface area contributed by atoms with Crippen molar-refractivity contribution in [2.24, 2.45) is 11.8 Å². The van der Waals surface area contributed by atoms with Crippen LogP contribution in [0.2, 0.25) is 0 Å². The second-order valence-electron chi connectivity index (χ2n) is 7.10. The van der Waals surface area contributed by atoms with Crippen molar-refractivity contribution in [3.63, 3.8) is 0 Å². The van der Waals surface area contributed by atoms with E-state index in [0.29, 0.717) is 24.8 Å². The number of unbranched alkanes of at least 4 members (excludes halogenated alkanes) is 3. The fourth-order valence-corrected chi connectivity index (χ4v) is 3.07. The summed E-state index contributed by atoms with van der Waals surface area (Å²) in [7, 11) is 1.64. The zero-order valence-corrected chi connectivity index (χ0v) is 15.1. The van der Waals surface area contributed by atoms with Gasteiger partial charge in [0.25, 0.3) is 0 Å². The molecule has 3 atom stereocenters. The fraction of sp³-hybridized carbons (Fsp3) is 0.842. The number of nitrogens with one attached hydrogen (secondary N) is 1. The van der Waals surface area contributed by atoms with E-state index in [9.17, 15) is 9.90 Å². The van der Waals surface area contributed by atoms with Crippen molar-refractivity contribution in [3.05, 3.63) is 12.2 Å². The molecule has 4 nitrogen and oxygen atoms in total. The summed E-state index contributed by atoms with van der Waals surface area (Å²) < 4.78 is 5.30. The second kappa shape index (κ2) is 11.6. The highest BCUT2D eigenvalue weighted by atomic mass is 16.5. The Bertz CT molecular complexity index is 355. The molecule has 3 unspecified atom stereocenters. The molecule has 4 heteroatoms. The number of allylic oxidation sites excluding steroid dienone is 2. The van der Waals surface area contributed by atoms with Gasteiger partial charge in [0, 0.05) is 20.1 Å². The summed E-state index contributed by atoms with van der Waals surface area (Å²) in [5.74, 6) is 1.20. The number of rotatable bonds is 10. The van der Waals surface area contributed by atoms with Crippen LogP contribution in [0.3, 0.4) is 0 Å². The van der Waals surface area contributed by atoms with Gasteiger partial charge in [-0.25, -0.2) is 0 Å². The van der Waals surface area contributed by atoms with Gasteiger partial charge in [-0.15, -0.1) is 0 Å². The molecule has 0 aliphatic heterocycles. The molecule has 0 aromatic heterocycles. The lowest BCUT2D eigenvalue weighted by molar-refractivity contribution is -0.121. The Labute approximate surface area is 141 Å². The van der Waals surface area contributed by atoms with Crippen LogP contribution < -0.4 is 5.32 Å². The predicted octanol–water partition coefficient (Wildman–Crippen LogP) is 3.44. The van der Waals surface area contributed by atoms with Crippen molar-refractivity contribution in [1.29, 1.82) is 0 Å². The lowest BCUT2D eigenvalue weighted by Gasteiger charge is -2.32. The quantitative estimate of drug-likeness (QED) is 0.478. The summed E-state index contributed by atoms with van der Waals surface area (Å²) in [6.07, 6.45) is 11.6. The van der Waals surface area contributed by atoms with E-state index in [1.807, 2.05) is 0 Å². The highest BCUT2D eigenvalue weighted by Gasteiger charge is 2.29. The van der Waals surface area contributed by atoms with Gasteiger partial charge in [-0.3, -0.25) is 4.79 Å². The molecular weight excluding hydrogens is 290 g/mol. The summed E-state index contributed by atoms with van der Waals surface area (Å²) in [6.45, 7) is 5.08. The molecule has 1 fully saturated rings. The van der Waals surface area contributed by atoms with Gasteiger partial charge >= 0.3 is 0 Å². The lowest BCUT2D eigenvalue weighted by Crippen LogP contribution is -2.39. The molecule has 0 radical (unpaired) electrons. The van der Waals surface area contributed by atoms with E-state index < -0.39 is 0 Å². The number of ether oxygens (including phenoxy) is 1. The van der Waals surface area contributed by atoms with Crippen molar-refractivity contribution >= 4 is 5.91 Å². The van der Waals surface area contributed by atoms with Crippen LogP contribution in [-0.4, -0.2) is 36.9 Å². The Morgan fingerprint density at radius 1 is 1.30 bits per heavy atom. The zero-order valence-electron chi connectivity index (χ0n) is 15.1. The number of carbonyl (C=O) groups is 1. The van der Waals surface area contributed by atoms with E-state index in [2.05, 4.69) is 31.3 Å². The molecule has 1 saturated carbocycles. The molecule has 0 aromatic carbocycles. The third-order valence-electron chi connectivity index (χ3n) is 4.55. The first-order valence-electron chi connectivity index (χ1n) is 9.17. The Balaban J connectivity index is 2.04. The maximum absolute atomic E-state index is 11.9. The predicted molar refractivity (Wildman–Crippen MR) is 94.2 cm³/mol. The SMILES string of the molecule is COC1CC(CNC(=O)CCCCC/C=C/C(C)C)CCC1O. The molecule has 1 aliphatic rings. The highest BCUT2D eigenvalue weighted by Crippen LogP contribution is 2.25. The van der Waals surface area contributed by atoms with Gasteiger partial charge in [-0.2, -0.15) is 0 Å². The Kier molecular flexibility index (Phi) is 10.2. The van der Waals surface area contributed by atoms with E-state index in [0.717, 1.165) is 44.9 Å². The Morgan fingerprint density at radius 3 is 2.78 bits per heavy atom. The molecule has 1 rings (SSSR count). The Hall–Kier alpha value is -0.870. The van der Waals surface area contributed by atoms with Gasteiger partial charge in [0.2, 0.25) is 5.91 Å². The minimum atomic E-state index is -0.350. The molecule has 0 saturated heterocycles. The average Bonchev–Trinajstić information content (AvgIpc) is 2.52. The first kappa shape index (κ1) is 20.2. The molecule has 134 valence electrons. The van der Waals surface area contributed by atoms with E-state index >= 15 is 0 Å². The molecule has 0 aromatic rings. The summed E-state index contributed by atoms with van der Waals surface area (Å²) in [4.78, 5) is 11.9. The topological polar surface area (TPSA) is 58.6 Å². The smallest absolute Gasteiger partial charge is 0.220 e. The number of methoxy groups -OCH3 is 1. The van der Waals surface area contributed by atoms with Crippen LogP contribution in [0.15, 0.2) is 12.2 Å². The van der Waals surface area contributed by atoms with Gasteiger partial charge in [-0.1, -0.05) is 32.4 Å². The molecule has 23 heavy (non-hydrogen) atoms. The van der Waals surface area contributed by atoms with Gasteiger partial charge in [-0.05, 0) is 50.4 Å². The monoisotopic (exact) mass is 325 g/mol. The minimum Gasteiger partial charge on any atom is -0.390 e. The summed E-state index contributed by atoms with van der Waals surface area (Å²) >= 11 is 0. The maximum atomic E-state index is 11.9. The largest absolute Gasteiger partial charge is 0.390 e. The molecule has 1 amide bonds. The van der Waals surface area contributed by atoms with Crippen LogP contribution in [0.25, 0.3) is 0 Å². The van der Waals surface area contributed by atoms with E-state index in [1.165, 1.54) is 0 Å². The summed E-state index contributed by atoms with van der Waals surface area (Å²) in [5.41, 5.74) is 0. The molecule has 1 aliphatic carbocycles. The van der Waals surface area contributed by atoms with Crippen LogP contribution in [0.5, 0.6) is 0 Å². The zero-order chi connectivity index (χ0) is 17.1. The maximum Gasteiger partial charge on any atom is 0.220 e. The van der Waals surface area contributed by atoms with Gasteiger partial charge in [0.15, 0.2) is 0 Å². The lowest BCUT2D eigenvalue weighted by atomic mass is 9.85. The standard InChI is InChI=1S/C19H35NO3/c1-15(2)9-7-5-4-6-8-10-19(22)20-14-16-11-12-17(21)18(13-16)23-3/h7,9,15-18,21H,4-6,8,10-14H2,1-3H3,(H,20,22)/b9-7+. The second-order valence-corrected chi connectivity index (χ2v) is 7.10. The van der Waals surface area contributed by atoms with Crippen LogP contribution in [-0.2, 0) is 9.53 Å². The summed E-state index contributed by atoms with van der Waals surface area (Å²) in [6, 6.07) is 0. The minimum absolute atomic E-state index is 0.0791. The van der Waals surface area contributed by atoms with Crippen molar-refractivity contribution < 1.29 is 14.6 Å². The average molecular weight is 325 g/mol. The van der Waals surface area contributed by atoms with E-state index in [4.69, 9.17) is 4.74 Å². The van der Waals surface area contributed by atoms with Crippen LogP contribution >= 0.6 is 0 Å². The normalized spacial score (nSPS) is 25.2. The molecular formula is C19H35NO3. The molecule has 0 heterocycles. The van der Waals surface area contributed by atoms with Crippen molar-refractivity contribution in [3.8, 4) is 0 Å². The third-order valence-corrected chi connectivity index (χ3v) is 4.55. The molecule has 2 N–H and O–H groups in total. The highest BCUT2D eigenvalue weighted by molar-refractivity contribution is 5.75. The number of aliphatic hydroxyl groups is 1. The van der Waals surface area contributed by atoms with Crippen molar-refractivity contribution in [1.82, 2.24) is 5.32 Å². The number of aliphatic hydroxyl groups excluding tert-OH is 1. The molecule has 0 bridgehead atoms.